The van der Waals surface area contributed by atoms with E-state index in [-0.39, 0.29) is 12.5 Å². The predicted molar refractivity (Wildman–Crippen MR) is 83.9 cm³/mol. The zero-order valence-corrected chi connectivity index (χ0v) is 15.3. The van der Waals surface area contributed by atoms with Crippen molar-refractivity contribution in [2.45, 2.75) is 94.5 Å². The lowest BCUT2D eigenvalue weighted by Gasteiger charge is -2.35. The number of ether oxygens (including phenoxy) is 6. The van der Waals surface area contributed by atoms with E-state index in [0.717, 1.165) is 0 Å². The van der Waals surface area contributed by atoms with Crippen LogP contribution in [0.25, 0.3) is 0 Å². The summed E-state index contributed by atoms with van der Waals surface area (Å²) in [7, 11) is 0. The van der Waals surface area contributed by atoms with E-state index in [2.05, 4.69) is 0 Å². The molecule has 8 atom stereocenters. The van der Waals surface area contributed by atoms with Gasteiger partial charge in [-0.15, -0.1) is 0 Å². The molecule has 0 spiro atoms. The first-order valence-corrected chi connectivity index (χ1v) is 8.96. The first kappa shape index (κ1) is 18.5. The van der Waals surface area contributed by atoms with Crippen LogP contribution in [-0.4, -0.2) is 83.2 Å². The van der Waals surface area contributed by atoms with Crippen LogP contribution in [0.2, 0.25) is 0 Å². The third-order valence-corrected chi connectivity index (χ3v) is 5.24. The number of cyclic esters (lactones) is 1. The predicted octanol–water partition coefficient (Wildman–Crippen LogP) is -0.537. The van der Waals surface area contributed by atoms with Crippen molar-refractivity contribution >= 4 is 5.97 Å². The highest BCUT2D eigenvalue weighted by atomic mass is 16.8. The maximum atomic E-state index is 11.8. The molecule has 0 aromatic heterocycles. The molecule has 9 nitrogen and oxygen atoms in total. The second-order valence-corrected chi connectivity index (χ2v) is 8.22. The number of aliphatic hydroxyl groups excluding tert-OH is 2. The first-order valence-electron chi connectivity index (χ1n) is 8.96. The summed E-state index contributed by atoms with van der Waals surface area (Å²) in [6, 6.07) is 0. The molecule has 0 aromatic carbocycles. The molecule has 0 radical (unpaired) electrons. The van der Waals surface area contributed by atoms with Crippen molar-refractivity contribution in [3.05, 3.63) is 0 Å². The maximum Gasteiger partial charge on any atom is 0.338 e. The van der Waals surface area contributed by atoms with E-state index >= 15 is 0 Å². The van der Waals surface area contributed by atoms with Crippen LogP contribution in [-0.2, 0) is 33.2 Å². The summed E-state index contributed by atoms with van der Waals surface area (Å²) in [4.78, 5) is 11.8. The van der Waals surface area contributed by atoms with Crippen molar-refractivity contribution in [1.29, 1.82) is 0 Å². The highest BCUT2D eigenvalue weighted by molar-refractivity contribution is 5.76. The molecule has 4 fully saturated rings. The number of fused-ring (bicyclic) bond motifs is 1. The molecule has 0 amide bonds. The third kappa shape index (κ3) is 3.15. The SMILES string of the molecule is CC1(C)O[C@@H]2[C@H](O1)[C@@H]([C@H]1C[C@H](O)[C@H](O)C(=O)O1)O[C@@H]2[C@H]1COC(C)(C)O1. The van der Waals surface area contributed by atoms with Gasteiger partial charge in [-0.3, -0.25) is 0 Å². The molecule has 0 unspecified atom stereocenters. The van der Waals surface area contributed by atoms with Crippen LogP contribution in [0.4, 0.5) is 0 Å². The van der Waals surface area contributed by atoms with Gasteiger partial charge in [-0.2, -0.15) is 0 Å². The zero-order chi connectivity index (χ0) is 18.9. The monoisotopic (exact) mass is 374 g/mol. The van der Waals surface area contributed by atoms with E-state index in [1.807, 2.05) is 13.8 Å². The Bertz CT molecular complexity index is 577. The van der Waals surface area contributed by atoms with Gasteiger partial charge in [0, 0.05) is 6.42 Å². The average Bonchev–Trinajstić information content (AvgIpc) is 3.14. The Hall–Kier alpha value is -0.810. The summed E-state index contributed by atoms with van der Waals surface area (Å²) in [5, 5.41) is 19.5. The Labute approximate surface area is 151 Å². The number of rotatable bonds is 2. The smallest absolute Gasteiger partial charge is 0.338 e. The fourth-order valence-electron chi connectivity index (χ4n) is 4.13. The van der Waals surface area contributed by atoms with Crippen molar-refractivity contribution in [3.63, 3.8) is 0 Å². The first-order chi connectivity index (χ1) is 12.1. The Balaban J connectivity index is 1.55. The van der Waals surface area contributed by atoms with Crippen molar-refractivity contribution in [2.75, 3.05) is 6.61 Å². The third-order valence-electron chi connectivity index (χ3n) is 5.24. The van der Waals surface area contributed by atoms with Crippen LogP contribution >= 0.6 is 0 Å². The molecule has 148 valence electrons. The molecule has 4 aliphatic rings. The second-order valence-electron chi connectivity index (χ2n) is 8.22. The molecule has 9 heteroatoms. The van der Waals surface area contributed by atoms with E-state index in [4.69, 9.17) is 28.4 Å². The quantitative estimate of drug-likeness (QED) is 0.615. The molecule has 0 aromatic rings. The summed E-state index contributed by atoms with van der Waals surface area (Å²) in [5.74, 6) is -2.40. The molecule has 2 N–H and O–H groups in total. The normalized spacial score (nSPS) is 49.8. The van der Waals surface area contributed by atoms with Gasteiger partial charge in [-0.1, -0.05) is 0 Å². The second kappa shape index (κ2) is 6.10. The number of carbonyl (C=O) groups excluding carboxylic acids is 1. The Morgan fingerprint density at radius 3 is 2.04 bits per heavy atom. The summed E-state index contributed by atoms with van der Waals surface area (Å²) < 4.78 is 35.0. The van der Waals surface area contributed by atoms with E-state index < -0.39 is 60.3 Å². The number of esters is 1. The average molecular weight is 374 g/mol. The van der Waals surface area contributed by atoms with Gasteiger partial charge in [0.2, 0.25) is 0 Å². The van der Waals surface area contributed by atoms with Gasteiger partial charge in [0.15, 0.2) is 17.7 Å². The summed E-state index contributed by atoms with van der Waals surface area (Å²) in [6.45, 7) is 7.62. The van der Waals surface area contributed by atoms with Crippen molar-refractivity contribution in [2.24, 2.45) is 0 Å². The van der Waals surface area contributed by atoms with Crippen LogP contribution in [0.3, 0.4) is 0 Å². The lowest BCUT2D eigenvalue weighted by atomic mass is 9.95. The van der Waals surface area contributed by atoms with Crippen LogP contribution in [0.1, 0.15) is 34.1 Å². The lowest BCUT2D eigenvalue weighted by molar-refractivity contribution is -0.227. The lowest BCUT2D eigenvalue weighted by Crippen LogP contribution is -2.51. The van der Waals surface area contributed by atoms with Crippen molar-refractivity contribution in [3.8, 4) is 0 Å². The molecule has 0 aliphatic carbocycles. The minimum Gasteiger partial charge on any atom is -0.457 e. The standard InChI is InChI=1S/C17H26O9/c1-16(2)21-6-9(24-16)12-14-13(25-17(3,4)26-14)11(23-12)8-5-7(18)10(19)15(20)22-8/h7-14,18-19H,5-6H2,1-4H3/t7-,8+,9+,10-,11+,12+,13+,14-/m0/s1. The van der Waals surface area contributed by atoms with Gasteiger partial charge >= 0.3 is 5.97 Å². The van der Waals surface area contributed by atoms with Crippen molar-refractivity contribution in [1.82, 2.24) is 0 Å². The Kier molecular flexibility index (Phi) is 4.35. The topological polar surface area (TPSA) is 113 Å². The molecule has 4 aliphatic heterocycles. The molecular formula is C17H26O9. The summed E-state index contributed by atoms with van der Waals surface area (Å²) in [5.41, 5.74) is 0. The highest BCUT2D eigenvalue weighted by Gasteiger charge is 2.61. The van der Waals surface area contributed by atoms with Crippen molar-refractivity contribution < 1.29 is 43.4 Å². The van der Waals surface area contributed by atoms with E-state index in [0.29, 0.717) is 6.61 Å². The van der Waals surface area contributed by atoms with E-state index in [1.54, 1.807) is 13.8 Å². The highest BCUT2D eigenvalue weighted by Crippen LogP contribution is 2.44. The molecule has 26 heavy (non-hydrogen) atoms. The van der Waals surface area contributed by atoms with E-state index in [9.17, 15) is 15.0 Å². The molecule has 0 bridgehead atoms. The largest absolute Gasteiger partial charge is 0.457 e. The number of hydrogen-bond donors (Lipinski definition) is 2. The molecule has 0 saturated carbocycles. The minimum absolute atomic E-state index is 0.0603. The molecular weight excluding hydrogens is 348 g/mol. The molecule has 4 heterocycles. The maximum absolute atomic E-state index is 11.8. The van der Waals surface area contributed by atoms with Crippen LogP contribution in [0.5, 0.6) is 0 Å². The fraction of sp³-hybridized carbons (Fsp3) is 0.941. The van der Waals surface area contributed by atoms with E-state index in [1.165, 1.54) is 0 Å². The zero-order valence-electron chi connectivity index (χ0n) is 15.3. The van der Waals surface area contributed by atoms with Crippen LogP contribution < -0.4 is 0 Å². The van der Waals surface area contributed by atoms with Gasteiger partial charge in [0.25, 0.3) is 0 Å². The number of hydrogen-bond acceptors (Lipinski definition) is 9. The molecule has 4 rings (SSSR count). The summed E-state index contributed by atoms with van der Waals surface area (Å²) in [6.07, 6.45) is -5.78. The van der Waals surface area contributed by atoms with Gasteiger partial charge in [-0.25, -0.2) is 4.79 Å². The van der Waals surface area contributed by atoms with Gasteiger partial charge in [0.1, 0.15) is 36.6 Å². The number of aliphatic hydroxyl groups is 2. The van der Waals surface area contributed by atoms with Crippen LogP contribution in [0.15, 0.2) is 0 Å². The van der Waals surface area contributed by atoms with Gasteiger partial charge < -0.3 is 38.6 Å². The minimum atomic E-state index is -1.54. The Morgan fingerprint density at radius 2 is 1.50 bits per heavy atom. The Morgan fingerprint density at radius 1 is 0.885 bits per heavy atom. The van der Waals surface area contributed by atoms with Crippen LogP contribution in [0, 0.1) is 0 Å². The van der Waals surface area contributed by atoms with Gasteiger partial charge in [-0.05, 0) is 27.7 Å². The summed E-state index contributed by atoms with van der Waals surface area (Å²) >= 11 is 0. The number of carbonyl (C=O) groups is 1. The van der Waals surface area contributed by atoms with Gasteiger partial charge in [0.05, 0.1) is 12.7 Å². The molecule has 4 saturated heterocycles. The fourth-order valence-corrected chi connectivity index (χ4v) is 4.13.